The van der Waals surface area contributed by atoms with E-state index in [1.165, 1.54) is 0 Å². The van der Waals surface area contributed by atoms with Crippen molar-refractivity contribution < 1.29 is 14.3 Å². The van der Waals surface area contributed by atoms with E-state index in [0.29, 0.717) is 23.7 Å². The van der Waals surface area contributed by atoms with E-state index < -0.39 is 0 Å². The van der Waals surface area contributed by atoms with Gasteiger partial charge in [-0.2, -0.15) is 5.10 Å². The Labute approximate surface area is 204 Å². The van der Waals surface area contributed by atoms with Crippen LogP contribution in [0.2, 0.25) is 5.02 Å². The van der Waals surface area contributed by atoms with Gasteiger partial charge in [-0.1, -0.05) is 35.9 Å². The quantitative estimate of drug-likeness (QED) is 0.337. The Morgan fingerprint density at radius 3 is 2.41 bits per heavy atom. The average Bonchev–Trinajstić information content (AvgIpc) is 3.11. The highest BCUT2D eigenvalue weighted by Crippen LogP contribution is 2.23. The smallest absolute Gasteiger partial charge is 0.255 e. The highest BCUT2D eigenvalue weighted by Gasteiger charge is 2.16. The van der Waals surface area contributed by atoms with Crippen molar-refractivity contribution in [1.82, 2.24) is 9.78 Å². The lowest BCUT2D eigenvalue weighted by molar-refractivity contribution is 0.102. The number of rotatable bonds is 8. The molecule has 1 N–H and O–H groups in total. The minimum atomic E-state index is -0.183. The first kappa shape index (κ1) is 23.4. The molecule has 1 aromatic heterocycles. The second kappa shape index (κ2) is 10.4. The molecule has 0 bridgehead atoms. The normalized spacial score (nSPS) is 10.7. The molecule has 174 valence electrons. The summed E-state index contributed by atoms with van der Waals surface area (Å²) >= 11 is 5.90. The number of nitrogens with zero attached hydrogens (tertiary/aromatic N) is 2. The van der Waals surface area contributed by atoms with Crippen molar-refractivity contribution in [3.05, 3.63) is 106 Å². The van der Waals surface area contributed by atoms with E-state index in [1.54, 1.807) is 31.4 Å². The van der Waals surface area contributed by atoms with Crippen molar-refractivity contribution in [3.63, 3.8) is 0 Å². The van der Waals surface area contributed by atoms with Crippen LogP contribution in [-0.4, -0.2) is 22.8 Å². The Morgan fingerprint density at radius 2 is 1.71 bits per heavy atom. The van der Waals surface area contributed by atoms with Crippen molar-refractivity contribution in [2.24, 2.45) is 0 Å². The summed E-state index contributed by atoms with van der Waals surface area (Å²) in [5.74, 6) is 1.36. The van der Waals surface area contributed by atoms with Crippen LogP contribution in [0.5, 0.6) is 11.5 Å². The number of nitrogens with one attached hydrogen (secondary N) is 1. The maximum atomic E-state index is 12.9. The van der Waals surface area contributed by atoms with Gasteiger partial charge in [0.25, 0.3) is 5.91 Å². The van der Waals surface area contributed by atoms with Crippen molar-refractivity contribution in [2.75, 3.05) is 12.4 Å². The van der Waals surface area contributed by atoms with Gasteiger partial charge in [0.1, 0.15) is 18.1 Å². The number of benzene rings is 3. The minimum absolute atomic E-state index is 0.183. The fraction of sp³-hybridized carbons (Fsp3) is 0.185. The average molecular weight is 476 g/mol. The first-order valence-electron chi connectivity index (χ1n) is 10.9. The Kier molecular flexibility index (Phi) is 7.18. The summed E-state index contributed by atoms with van der Waals surface area (Å²) in [4.78, 5) is 12.9. The topological polar surface area (TPSA) is 65.4 Å². The number of aryl methyl sites for hydroxylation is 1. The summed E-state index contributed by atoms with van der Waals surface area (Å²) in [6.07, 6.45) is 0. The zero-order valence-electron chi connectivity index (χ0n) is 19.3. The molecule has 0 aliphatic heterocycles. The second-order valence-electron chi connectivity index (χ2n) is 7.95. The fourth-order valence-corrected chi connectivity index (χ4v) is 3.74. The first-order chi connectivity index (χ1) is 16.4. The third-order valence-corrected chi connectivity index (χ3v) is 5.77. The summed E-state index contributed by atoms with van der Waals surface area (Å²) in [5, 5.41) is 8.30. The molecule has 3 aromatic carbocycles. The maximum Gasteiger partial charge on any atom is 0.255 e. The van der Waals surface area contributed by atoms with Crippen LogP contribution in [0.25, 0.3) is 0 Å². The predicted molar refractivity (Wildman–Crippen MR) is 134 cm³/mol. The maximum absolute atomic E-state index is 12.9. The number of anilines is 1. The monoisotopic (exact) mass is 475 g/mol. The van der Waals surface area contributed by atoms with Gasteiger partial charge in [-0.25, -0.2) is 0 Å². The zero-order chi connectivity index (χ0) is 24.1. The number of hydrogen-bond donors (Lipinski definition) is 1. The fourth-order valence-electron chi connectivity index (χ4n) is 3.61. The number of ether oxygens (including phenoxy) is 2. The molecule has 0 aliphatic carbocycles. The number of halogens is 1. The van der Waals surface area contributed by atoms with Gasteiger partial charge in [-0.05, 0) is 73.5 Å². The molecule has 6 nitrogen and oxygen atoms in total. The molecule has 0 fully saturated rings. The number of carbonyl (C=O) groups is 1. The van der Waals surface area contributed by atoms with E-state index in [1.807, 2.05) is 67.1 Å². The molecule has 7 heteroatoms. The van der Waals surface area contributed by atoms with Gasteiger partial charge in [0.15, 0.2) is 0 Å². The highest BCUT2D eigenvalue weighted by molar-refractivity contribution is 6.30. The second-order valence-corrected chi connectivity index (χ2v) is 8.39. The van der Waals surface area contributed by atoms with Crippen LogP contribution in [0.4, 0.5) is 5.69 Å². The molecule has 4 rings (SSSR count). The Morgan fingerprint density at radius 1 is 0.971 bits per heavy atom. The number of carbonyl (C=O) groups excluding carboxylic acids is 1. The summed E-state index contributed by atoms with van der Waals surface area (Å²) < 4.78 is 13.0. The van der Waals surface area contributed by atoms with Gasteiger partial charge in [0.05, 0.1) is 30.7 Å². The van der Waals surface area contributed by atoms with E-state index >= 15 is 0 Å². The Hall–Kier alpha value is -3.77. The predicted octanol–water partition coefficient (Wildman–Crippen LogP) is 6.04. The standard InChI is InChI=1S/C27H26ClN3O3/c1-18-26(19(2)31(30-18)16-21-5-4-6-25(15-21)33-3)29-27(32)22-9-7-20(8-10-22)17-34-24-13-11-23(28)12-14-24/h4-15H,16-17H2,1-3H3,(H,29,32). The molecule has 34 heavy (non-hydrogen) atoms. The third-order valence-electron chi connectivity index (χ3n) is 5.52. The van der Waals surface area contributed by atoms with E-state index in [9.17, 15) is 4.79 Å². The highest BCUT2D eigenvalue weighted by atomic mass is 35.5. The van der Waals surface area contributed by atoms with Crippen molar-refractivity contribution in [3.8, 4) is 11.5 Å². The molecule has 0 radical (unpaired) electrons. The number of methoxy groups -OCH3 is 1. The van der Waals surface area contributed by atoms with Crippen LogP contribution >= 0.6 is 11.6 Å². The first-order valence-corrected chi connectivity index (χ1v) is 11.3. The summed E-state index contributed by atoms with van der Waals surface area (Å²) in [7, 11) is 1.65. The van der Waals surface area contributed by atoms with Crippen LogP contribution in [0.1, 0.15) is 32.9 Å². The van der Waals surface area contributed by atoms with Crippen molar-refractivity contribution >= 4 is 23.2 Å². The molecule has 0 aliphatic rings. The van der Waals surface area contributed by atoms with Gasteiger partial charge in [0.2, 0.25) is 0 Å². The molecule has 0 unspecified atom stereocenters. The lowest BCUT2D eigenvalue weighted by Gasteiger charge is -2.09. The Bertz CT molecular complexity index is 1280. The molecular weight excluding hydrogens is 450 g/mol. The lowest BCUT2D eigenvalue weighted by atomic mass is 10.1. The summed E-state index contributed by atoms with van der Waals surface area (Å²) in [5.41, 5.74) is 4.98. The molecule has 0 saturated carbocycles. The summed E-state index contributed by atoms with van der Waals surface area (Å²) in [6, 6.07) is 22.4. The van der Waals surface area contributed by atoms with Gasteiger partial charge < -0.3 is 14.8 Å². The summed E-state index contributed by atoms with van der Waals surface area (Å²) in [6.45, 7) is 4.83. The molecule has 1 amide bonds. The van der Waals surface area contributed by atoms with Crippen LogP contribution in [-0.2, 0) is 13.2 Å². The van der Waals surface area contributed by atoms with E-state index in [0.717, 1.165) is 39.7 Å². The van der Waals surface area contributed by atoms with Crippen molar-refractivity contribution in [2.45, 2.75) is 27.0 Å². The van der Waals surface area contributed by atoms with E-state index in [-0.39, 0.29) is 5.91 Å². The van der Waals surface area contributed by atoms with Gasteiger partial charge >= 0.3 is 0 Å². The molecule has 0 spiro atoms. The number of amides is 1. The van der Waals surface area contributed by atoms with Crippen LogP contribution in [0.3, 0.4) is 0 Å². The number of aromatic nitrogens is 2. The van der Waals surface area contributed by atoms with Crippen molar-refractivity contribution in [1.29, 1.82) is 0 Å². The van der Waals surface area contributed by atoms with Crippen LogP contribution < -0.4 is 14.8 Å². The zero-order valence-corrected chi connectivity index (χ0v) is 20.1. The molecule has 4 aromatic rings. The van der Waals surface area contributed by atoms with Gasteiger partial charge in [0, 0.05) is 10.6 Å². The molecule has 1 heterocycles. The number of hydrogen-bond acceptors (Lipinski definition) is 4. The van der Waals surface area contributed by atoms with Gasteiger partial charge in [-0.3, -0.25) is 9.48 Å². The largest absolute Gasteiger partial charge is 0.497 e. The lowest BCUT2D eigenvalue weighted by Crippen LogP contribution is -2.13. The molecule has 0 atom stereocenters. The SMILES string of the molecule is COc1cccc(Cn2nc(C)c(NC(=O)c3ccc(COc4ccc(Cl)cc4)cc3)c2C)c1. The third kappa shape index (κ3) is 5.58. The van der Waals surface area contributed by atoms with E-state index in [2.05, 4.69) is 10.4 Å². The van der Waals surface area contributed by atoms with E-state index in [4.69, 9.17) is 21.1 Å². The van der Waals surface area contributed by atoms with Crippen LogP contribution in [0.15, 0.2) is 72.8 Å². The minimum Gasteiger partial charge on any atom is -0.497 e. The molecular formula is C27H26ClN3O3. The van der Waals surface area contributed by atoms with Gasteiger partial charge in [-0.15, -0.1) is 0 Å². The molecule has 0 saturated heterocycles. The van der Waals surface area contributed by atoms with Crippen LogP contribution in [0, 0.1) is 13.8 Å². The Balaban J connectivity index is 1.40.